The molecule has 1 aromatic carbocycles. The number of esters is 1. The minimum Gasteiger partial charge on any atom is -0.456 e. The molecule has 0 atom stereocenters. The molecule has 0 unspecified atom stereocenters. The van der Waals surface area contributed by atoms with Crippen LogP contribution in [0.5, 0.6) is 0 Å². The molecule has 0 spiro atoms. The highest BCUT2D eigenvalue weighted by molar-refractivity contribution is 6.36. The zero-order chi connectivity index (χ0) is 25.6. The SMILES string of the molecule is Cc1c(NCC2CCN(C(=O)CNc3cccc(C(=O)OC(C)(C)C)c3Cl)CC2)ccnc1C#N. The molecule has 8 nitrogen and oxygen atoms in total. The number of pyridine rings is 1. The summed E-state index contributed by atoms with van der Waals surface area (Å²) < 4.78 is 5.41. The first-order chi connectivity index (χ1) is 16.6. The molecule has 0 radical (unpaired) electrons. The average molecular weight is 498 g/mol. The van der Waals surface area contributed by atoms with E-state index < -0.39 is 11.6 Å². The lowest BCUT2D eigenvalue weighted by molar-refractivity contribution is -0.130. The number of carbonyl (C=O) groups excluding carboxylic acids is 2. The summed E-state index contributed by atoms with van der Waals surface area (Å²) in [6, 6.07) is 9.04. The van der Waals surface area contributed by atoms with Crippen LogP contribution in [-0.2, 0) is 9.53 Å². The molecule has 1 aliphatic rings. The Labute approximate surface area is 211 Å². The lowest BCUT2D eigenvalue weighted by atomic mass is 9.96. The Balaban J connectivity index is 1.48. The number of nitriles is 1. The van der Waals surface area contributed by atoms with Crippen LogP contribution in [0.15, 0.2) is 30.5 Å². The van der Waals surface area contributed by atoms with E-state index in [1.54, 1.807) is 45.2 Å². The second-order valence-electron chi connectivity index (χ2n) is 9.67. The summed E-state index contributed by atoms with van der Waals surface area (Å²) in [5.74, 6) is -0.0807. The Hall–Kier alpha value is -3.31. The molecule has 2 aromatic rings. The Morgan fingerprint density at radius 1 is 1.20 bits per heavy atom. The summed E-state index contributed by atoms with van der Waals surface area (Å²) in [6.07, 6.45) is 3.42. The zero-order valence-electron chi connectivity index (χ0n) is 20.7. The number of ether oxygens (including phenoxy) is 1. The highest BCUT2D eigenvalue weighted by Gasteiger charge is 2.24. The van der Waals surface area contributed by atoms with Crippen molar-refractivity contribution in [2.75, 3.05) is 36.8 Å². The number of hydrogen-bond acceptors (Lipinski definition) is 7. The molecular formula is C26H32ClN5O3. The van der Waals surface area contributed by atoms with E-state index in [1.165, 1.54) is 0 Å². The topological polar surface area (TPSA) is 107 Å². The summed E-state index contributed by atoms with van der Waals surface area (Å²) in [6.45, 7) is 9.50. The van der Waals surface area contributed by atoms with Crippen molar-refractivity contribution in [2.24, 2.45) is 5.92 Å². The second kappa shape index (κ2) is 11.4. The van der Waals surface area contributed by atoms with Crippen molar-refractivity contribution in [1.82, 2.24) is 9.88 Å². The van der Waals surface area contributed by atoms with Crippen LogP contribution in [0.1, 0.15) is 55.2 Å². The number of hydrogen-bond donors (Lipinski definition) is 2. The zero-order valence-corrected chi connectivity index (χ0v) is 21.4. The largest absolute Gasteiger partial charge is 0.456 e. The molecule has 3 rings (SSSR count). The molecule has 1 saturated heterocycles. The highest BCUT2D eigenvalue weighted by Crippen LogP contribution is 2.28. The van der Waals surface area contributed by atoms with Crippen molar-refractivity contribution < 1.29 is 14.3 Å². The monoisotopic (exact) mass is 497 g/mol. The lowest BCUT2D eigenvalue weighted by Gasteiger charge is -2.32. The highest BCUT2D eigenvalue weighted by atomic mass is 35.5. The van der Waals surface area contributed by atoms with Crippen LogP contribution >= 0.6 is 11.6 Å². The fourth-order valence-corrected chi connectivity index (χ4v) is 4.19. The van der Waals surface area contributed by atoms with Crippen molar-refractivity contribution in [3.8, 4) is 6.07 Å². The molecule has 35 heavy (non-hydrogen) atoms. The van der Waals surface area contributed by atoms with Gasteiger partial charge in [0.1, 0.15) is 17.4 Å². The molecule has 0 aliphatic carbocycles. The normalized spacial score (nSPS) is 14.2. The number of amides is 1. The fraction of sp³-hybridized carbons (Fsp3) is 0.462. The Kier molecular flexibility index (Phi) is 8.57. The summed E-state index contributed by atoms with van der Waals surface area (Å²) in [5, 5.41) is 15.9. The van der Waals surface area contributed by atoms with Gasteiger partial charge in [-0.15, -0.1) is 0 Å². The number of carbonyl (C=O) groups is 2. The molecule has 1 fully saturated rings. The van der Waals surface area contributed by atoms with E-state index in [1.807, 2.05) is 17.9 Å². The summed E-state index contributed by atoms with van der Waals surface area (Å²) >= 11 is 6.42. The Bertz CT molecular complexity index is 1110. The van der Waals surface area contributed by atoms with Crippen LogP contribution in [0, 0.1) is 24.2 Å². The number of nitrogens with zero attached hydrogens (tertiary/aromatic N) is 3. The average Bonchev–Trinajstić information content (AvgIpc) is 2.81. The van der Waals surface area contributed by atoms with E-state index in [2.05, 4.69) is 21.7 Å². The van der Waals surface area contributed by atoms with Gasteiger partial charge in [-0.3, -0.25) is 4.79 Å². The first-order valence-electron chi connectivity index (χ1n) is 11.7. The van der Waals surface area contributed by atoms with Gasteiger partial charge in [-0.25, -0.2) is 9.78 Å². The Morgan fingerprint density at radius 2 is 1.91 bits per heavy atom. The predicted octanol–water partition coefficient (Wildman–Crippen LogP) is 4.63. The number of anilines is 2. The second-order valence-corrected chi connectivity index (χ2v) is 10.0. The van der Waals surface area contributed by atoms with Gasteiger partial charge >= 0.3 is 5.97 Å². The number of aromatic nitrogens is 1. The van der Waals surface area contributed by atoms with E-state index in [0.29, 0.717) is 30.4 Å². The van der Waals surface area contributed by atoms with Gasteiger partial charge in [0, 0.05) is 37.1 Å². The fourth-order valence-electron chi connectivity index (χ4n) is 3.92. The van der Waals surface area contributed by atoms with Crippen molar-refractivity contribution in [2.45, 2.75) is 46.1 Å². The van der Waals surface area contributed by atoms with Crippen molar-refractivity contribution in [3.05, 3.63) is 52.3 Å². The van der Waals surface area contributed by atoms with Gasteiger partial charge in [-0.05, 0) is 64.7 Å². The number of halogens is 1. The molecule has 2 heterocycles. The minimum absolute atomic E-state index is 0.0150. The lowest BCUT2D eigenvalue weighted by Crippen LogP contribution is -2.42. The van der Waals surface area contributed by atoms with E-state index in [4.69, 9.17) is 21.6 Å². The van der Waals surface area contributed by atoms with Crippen molar-refractivity contribution >= 4 is 34.9 Å². The minimum atomic E-state index is -0.627. The number of rotatable bonds is 7. The predicted molar refractivity (Wildman–Crippen MR) is 137 cm³/mol. The quantitative estimate of drug-likeness (QED) is 0.537. The number of benzene rings is 1. The van der Waals surface area contributed by atoms with Gasteiger partial charge in [0.2, 0.25) is 5.91 Å². The van der Waals surface area contributed by atoms with Gasteiger partial charge in [0.15, 0.2) is 0 Å². The van der Waals surface area contributed by atoms with Crippen LogP contribution in [-0.4, -0.2) is 53.5 Å². The molecule has 1 amide bonds. The smallest absolute Gasteiger partial charge is 0.340 e. The molecule has 1 aromatic heterocycles. The first-order valence-corrected chi connectivity index (χ1v) is 12.1. The third-order valence-electron chi connectivity index (χ3n) is 5.91. The van der Waals surface area contributed by atoms with Crippen molar-refractivity contribution in [1.29, 1.82) is 5.26 Å². The summed E-state index contributed by atoms with van der Waals surface area (Å²) in [5.41, 5.74) is 2.36. The van der Waals surface area contributed by atoms with Gasteiger partial charge in [-0.1, -0.05) is 17.7 Å². The Morgan fingerprint density at radius 3 is 2.57 bits per heavy atom. The molecule has 2 N–H and O–H groups in total. The maximum atomic E-state index is 12.8. The molecule has 9 heteroatoms. The molecule has 0 bridgehead atoms. The number of piperidine rings is 1. The standard InChI is InChI=1S/C26H32ClN5O3/c1-17-20(8-11-29-22(17)14-28)30-15-18-9-12-32(13-10-18)23(33)16-31-21-7-5-6-19(24(21)27)25(34)35-26(2,3)4/h5-8,11,18,31H,9-10,12-13,15-16H2,1-4H3,(H,29,30). The maximum absolute atomic E-state index is 12.8. The van der Waals surface area contributed by atoms with Gasteiger partial charge < -0.3 is 20.3 Å². The van der Waals surface area contributed by atoms with Crippen LogP contribution < -0.4 is 10.6 Å². The maximum Gasteiger partial charge on any atom is 0.340 e. The van der Waals surface area contributed by atoms with E-state index >= 15 is 0 Å². The van der Waals surface area contributed by atoms with Crippen LogP contribution in [0.3, 0.4) is 0 Å². The molecule has 1 aliphatic heterocycles. The molecular weight excluding hydrogens is 466 g/mol. The molecule has 0 saturated carbocycles. The van der Waals surface area contributed by atoms with E-state index in [-0.39, 0.29) is 23.0 Å². The molecule has 186 valence electrons. The van der Waals surface area contributed by atoms with Crippen LogP contribution in [0.25, 0.3) is 0 Å². The van der Waals surface area contributed by atoms with Crippen molar-refractivity contribution in [3.63, 3.8) is 0 Å². The summed E-state index contributed by atoms with van der Waals surface area (Å²) in [4.78, 5) is 31.1. The van der Waals surface area contributed by atoms with E-state index in [9.17, 15) is 9.59 Å². The first kappa shape index (κ1) is 26.3. The number of nitrogens with one attached hydrogen (secondary N) is 2. The van der Waals surface area contributed by atoms with E-state index in [0.717, 1.165) is 30.6 Å². The van der Waals surface area contributed by atoms with Gasteiger partial charge in [0.05, 0.1) is 22.8 Å². The van der Waals surface area contributed by atoms with Gasteiger partial charge in [0.25, 0.3) is 0 Å². The van der Waals surface area contributed by atoms with Gasteiger partial charge in [-0.2, -0.15) is 5.26 Å². The van der Waals surface area contributed by atoms with Crippen LogP contribution in [0.2, 0.25) is 5.02 Å². The van der Waals surface area contributed by atoms with Crippen LogP contribution in [0.4, 0.5) is 11.4 Å². The third kappa shape index (κ3) is 7.09. The third-order valence-corrected chi connectivity index (χ3v) is 6.31. The number of likely N-dealkylation sites (tertiary alicyclic amines) is 1. The summed E-state index contributed by atoms with van der Waals surface area (Å²) in [7, 11) is 0.